The molecule has 3 N–H and O–H groups in total. The summed E-state index contributed by atoms with van der Waals surface area (Å²) >= 11 is 0. The van der Waals surface area contributed by atoms with Gasteiger partial charge in [-0.15, -0.1) is 0 Å². The van der Waals surface area contributed by atoms with Crippen LogP contribution in [0.3, 0.4) is 0 Å². The lowest BCUT2D eigenvalue weighted by Gasteiger charge is -2.49. The van der Waals surface area contributed by atoms with Crippen LogP contribution in [0, 0.1) is 0 Å². The minimum absolute atomic E-state index is 0.0491. The molecule has 0 atom stereocenters. The number of ether oxygens (including phenoxy) is 1. The van der Waals surface area contributed by atoms with Crippen molar-refractivity contribution in [1.82, 2.24) is 20.9 Å². The maximum Gasteiger partial charge on any atom is 0.325 e. The van der Waals surface area contributed by atoms with Crippen molar-refractivity contribution in [2.45, 2.75) is 75.7 Å². The minimum Gasteiger partial charge on any atom is -0.459 e. The Hall–Kier alpha value is -9.70. The molecular weight excluding hydrogens is 1100 g/mol. The van der Waals surface area contributed by atoms with Gasteiger partial charge in [0.25, 0.3) is 0 Å². The molecule has 33 rings (SSSR count). The van der Waals surface area contributed by atoms with Crippen LogP contribution in [0.25, 0.3) is 291 Å². The predicted molar refractivity (Wildman–Crippen MR) is 363 cm³/mol. The molecule has 5 aliphatic rings. The van der Waals surface area contributed by atoms with Gasteiger partial charge in [0.05, 0.1) is 10.8 Å². The zero-order valence-electron chi connectivity index (χ0n) is 48.0. The fourth-order valence-corrected chi connectivity index (χ4v) is 27.3. The van der Waals surface area contributed by atoms with Crippen molar-refractivity contribution >= 4 is 315 Å². The number of hydrogen-bond donors (Lipinski definition) is 3. The number of amides is 3. The Morgan fingerprint density at radius 3 is 0.742 bits per heavy atom. The highest BCUT2D eigenvalue weighted by Gasteiger charge is 2.72. The average Bonchev–Trinajstić information content (AvgIpc) is 1.38. The van der Waals surface area contributed by atoms with E-state index in [0.717, 1.165) is 26.1 Å². The first kappa shape index (κ1) is 40.0. The summed E-state index contributed by atoms with van der Waals surface area (Å²) in [4.78, 5) is 54.1. The first-order valence-corrected chi connectivity index (χ1v) is 33.1. The molecule has 2 spiro atoms. The number of likely N-dealkylation sites (tertiary alicyclic amines) is 1. The van der Waals surface area contributed by atoms with E-state index >= 15 is 0 Å². The monoisotopic (exact) mass is 1130 g/mol. The van der Waals surface area contributed by atoms with Crippen LogP contribution in [0.15, 0.2) is 0 Å². The van der Waals surface area contributed by atoms with Crippen LogP contribution in [0.1, 0.15) is 81.5 Å². The average molecular weight is 1130 g/mol. The van der Waals surface area contributed by atoms with Crippen molar-refractivity contribution in [2.24, 2.45) is 0 Å². The number of rotatable bonds is 14. The summed E-state index contributed by atoms with van der Waals surface area (Å²) in [6.07, 6.45) is 2.70. The third kappa shape index (κ3) is 2.80. The molecule has 4 aliphatic carbocycles. The molecule has 0 unspecified atom stereocenters. The Morgan fingerprint density at radius 2 is 0.517 bits per heavy atom. The number of carbonyl (C=O) groups excluding carboxylic acids is 4. The molecule has 0 bridgehead atoms. The van der Waals surface area contributed by atoms with Crippen LogP contribution in [0.2, 0.25) is 0 Å². The fraction of sp³-hybridized carbons (Fsp3) is 0.225. The van der Waals surface area contributed by atoms with Crippen molar-refractivity contribution in [3.63, 3.8) is 0 Å². The van der Waals surface area contributed by atoms with Gasteiger partial charge in [-0.05, 0) is 360 Å². The third-order valence-corrected chi connectivity index (χ3v) is 28.1. The number of benzene rings is 18. The minimum atomic E-state index is -0.615. The Bertz CT molecular complexity index is 7300. The van der Waals surface area contributed by atoms with E-state index in [2.05, 4.69) is 20.9 Å². The normalized spacial score (nSPS) is 20.4. The lowest BCUT2D eigenvalue weighted by molar-refractivity contribution is -0.154. The fourth-order valence-electron chi connectivity index (χ4n) is 27.3. The summed E-state index contributed by atoms with van der Waals surface area (Å²) in [5, 5.41) is 96.4. The van der Waals surface area contributed by atoms with Crippen molar-refractivity contribution in [3.05, 3.63) is 22.3 Å². The molecule has 28 aromatic rings. The van der Waals surface area contributed by atoms with Crippen molar-refractivity contribution < 1.29 is 23.9 Å². The molecule has 1 fully saturated rings. The van der Waals surface area contributed by atoms with Gasteiger partial charge in [0.15, 0.2) is 0 Å². The van der Waals surface area contributed by atoms with Gasteiger partial charge < -0.3 is 25.6 Å². The number of carbonyl (C=O) groups is 4. The zero-order chi connectivity index (χ0) is 56.2. The molecular formula is C80H36N4O5. The second kappa shape index (κ2) is 10.3. The quantitative estimate of drug-likeness (QED) is 0.0567. The summed E-state index contributed by atoms with van der Waals surface area (Å²) in [5.41, 5.74) is 5.59. The molecule has 0 saturated carbocycles. The van der Waals surface area contributed by atoms with E-state index in [1.807, 2.05) is 0 Å². The molecule has 0 aromatic heterocycles. The molecule has 9 nitrogen and oxygen atoms in total. The van der Waals surface area contributed by atoms with E-state index in [4.69, 9.17) is 4.74 Å². The van der Waals surface area contributed by atoms with Crippen molar-refractivity contribution in [1.29, 1.82) is 0 Å². The second-order valence-corrected chi connectivity index (χ2v) is 31.6. The van der Waals surface area contributed by atoms with Gasteiger partial charge in [0, 0.05) is 45.4 Å². The van der Waals surface area contributed by atoms with Gasteiger partial charge in [0.2, 0.25) is 17.7 Å². The summed E-state index contributed by atoms with van der Waals surface area (Å²) in [5.74, 6) is -0.780. The highest BCUT2D eigenvalue weighted by atomic mass is 16.6. The summed E-state index contributed by atoms with van der Waals surface area (Å²) in [7, 11) is 0. The maximum absolute atomic E-state index is 14.0. The van der Waals surface area contributed by atoms with Crippen LogP contribution < -0.4 is 16.0 Å². The first-order valence-electron chi connectivity index (χ1n) is 33.1. The number of nitrogens with one attached hydrogen (secondary N) is 3. The van der Waals surface area contributed by atoms with Crippen LogP contribution in [-0.4, -0.2) is 73.5 Å². The summed E-state index contributed by atoms with van der Waals surface area (Å²) in [6, 6.07) is 0. The van der Waals surface area contributed by atoms with Gasteiger partial charge in [-0.25, -0.2) is 0 Å². The van der Waals surface area contributed by atoms with Crippen LogP contribution in [0.4, 0.5) is 0 Å². The van der Waals surface area contributed by atoms with E-state index in [1.54, 1.807) is 334 Å². The van der Waals surface area contributed by atoms with Crippen molar-refractivity contribution in [3.8, 4) is 0 Å². The summed E-state index contributed by atoms with van der Waals surface area (Å²) in [6.45, 7) is 8.75. The Balaban J connectivity index is 0.632. The van der Waals surface area contributed by atoms with E-state index in [1.165, 1.54) is 0 Å². The van der Waals surface area contributed by atoms with E-state index < -0.39 is 11.6 Å². The van der Waals surface area contributed by atoms with Gasteiger partial charge in [0.1, 0.15) is 12.1 Å². The van der Waals surface area contributed by atoms with Gasteiger partial charge in [-0.3, -0.25) is 19.2 Å². The smallest absolute Gasteiger partial charge is 0.325 e. The molecule has 9 heteroatoms. The number of esters is 1. The maximum atomic E-state index is 14.0. The highest BCUT2D eigenvalue weighted by molar-refractivity contribution is 6.82. The SMILES string of the molecule is CC(C)(C)OC(=O)CNC(=O)CCCNC(=O)CCCNC(=O)CCCN1CC23c4c5c6c7c8c9c(c%10c%11c2c2c4c4c%12c5c5c6c6c8c8c%13c9c9c%10c%10c%11c%11c2c2c4c4c%12c%12c5c5c6c8c6c8c%13c9c9c%10c%10c%11c2c2c4c4c%12c5c6c5c8c9c%10c2c45)C73C1. The van der Waals surface area contributed by atoms with Gasteiger partial charge in [-0.1, -0.05) is 0 Å². The molecule has 1 aliphatic heterocycles. The van der Waals surface area contributed by atoms with E-state index in [0.29, 0.717) is 38.8 Å². The molecule has 406 valence electrons. The lowest BCUT2D eigenvalue weighted by Crippen LogP contribution is -2.51. The molecule has 1 heterocycles. The third-order valence-electron chi connectivity index (χ3n) is 28.1. The first-order chi connectivity index (χ1) is 43.6. The van der Waals surface area contributed by atoms with Crippen LogP contribution >= 0.6 is 0 Å². The Labute approximate surface area is 493 Å². The Kier molecular flexibility index (Phi) is 4.62. The lowest BCUT2D eigenvalue weighted by atomic mass is 9.50. The van der Waals surface area contributed by atoms with Crippen LogP contribution in [0.5, 0.6) is 0 Å². The molecule has 89 heavy (non-hydrogen) atoms. The van der Waals surface area contributed by atoms with Gasteiger partial charge in [-0.2, -0.15) is 0 Å². The molecule has 1 saturated heterocycles. The second-order valence-electron chi connectivity index (χ2n) is 31.6. The molecule has 0 radical (unpaired) electrons. The van der Waals surface area contributed by atoms with Crippen molar-refractivity contribution in [2.75, 3.05) is 39.3 Å². The molecule has 3 amide bonds. The van der Waals surface area contributed by atoms with E-state index in [9.17, 15) is 19.2 Å². The molecule has 28 aromatic carbocycles. The zero-order valence-corrected chi connectivity index (χ0v) is 48.0. The van der Waals surface area contributed by atoms with Gasteiger partial charge >= 0.3 is 5.97 Å². The highest BCUT2D eigenvalue weighted by Crippen LogP contribution is 2.85. The largest absolute Gasteiger partial charge is 0.459 e. The topological polar surface area (TPSA) is 117 Å². The van der Waals surface area contributed by atoms with E-state index in [-0.39, 0.29) is 41.5 Å². The number of nitrogens with zero attached hydrogens (tertiary/aromatic N) is 1. The standard InChI is InChI=1S/C80H36N4O5/c1-78(2,3)89-19(88)13-83-18(87)8-5-11-81-16(85)7-4-10-82-17(86)9-6-12-84-14-79-74-66-58-48-38-30-22-20-21-24-28-26(22)34-42-36(28)46-40-32(24)33-25(21)29-27-23(20)31(30)39-45-35(27)43-37(29)47-41(33)51-50(40)60-54(46)64-56(42)62(52(58)44(34)38)70(74)72(64)76-68(60)69-61(51)55(47)65-57(43)63-53(45)59(49(39)48)67(66)75(79)71(63)73(65)77(69)80(76,79)15-84/h4-15H2,1-3H3,(H,81,85)(H,82,86)(H,83,87). The Morgan fingerprint density at radius 1 is 0.315 bits per heavy atom. The summed E-state index contributed by atoms with van der Waals surface area (Å²) < 4.78 is 5.28. The van der Waals surface area contributed by atoms with Crippen LogP contribution in [-0.2, 0) is 34.7 Å². The number of hydrogen-bond acceptors (Lipinski definition) is 6. The predicted octanol–water partition coefficient (Wildman–Crippen LogP) is 16.6.